The van der Waals surface area contributed by atoms with Gasteiger partial charge in [-0.05, 0) is 59.3 Å². The van der Waals surface area contributed by atoms with Gasteiger partial charge >= 0.3 is 0 Å². The Morgan fingerprint density at radius 2 is 2.00 bits per heavy atom. The number of hydrogen-bond donors (Lipinski definition) is 1. The average Bonchev–Trinajstić information content (AvgIpc) is 3.40. The van der Waals surface area contributed by atoms with Gasteiger partial charge in [0.05, 0.1) is 11.9 Å². The van der Waals surface area contributed by atoms with Crippen LogP contribution < -0.4 is 5.32 Å². The van der Waals surface area contributed by atoms with E-state index in [1.165, 1.54) is 16.8 Å². The van der Waals surface area contributed by atoms with E-state index in [1.807, 2.05) is 18.3 Å². The summed E-state index contributed by atoms with van der Waals surface area (Å²) >= 11 is 5.92. The number of carbonyl (C=O) groups is 1. The Morgan fingerprint density at radius 1 is 1.19 bits per heavy atom. The lowest BCUT2D eigenvalue weighted by atomic mass is 10.0. The fraction of sp³-hybridized carbons (Fsp3) is 0.190. The number of amides is 1. The van der Waals surface area contributed by atoms with Crippen molar-refractivity contribution in [3.63, 3.8) is 0 Å². The summed E-state index contributed by atoms with van der Waals surface area (Å²) in [7, 11) is 0. The van der Waals surface area contributed by atoms with Crippen LogP contribution in [0.1, 0.15) is 23.0 Å². The molecule has 8 nitrogen and oxygen atoms in total. The van der Waals surface area contributed by atoms with Gasteiger partial charge in [-0.3, -0.25) is 4.79 Å². The number of halogens is 2. The van der Waals surface area contributed by atoms with Crippen molar-refractivity contribution in [2.75, 3.05) is 0 Å². The molecule has 4 rings (SSSR count). The summed E-state index contributed by atoms with van der Waals surface area (Å²) in [6.07, 6.45) is 3.76. The number of rotatable bonds is 7. The Hall–Kier alpha value is -3.59. The van der Waals surface area contributed by atoms with Gasteiger partial charge in [0, 0.05) is 29.7 Å². The number of benzene rings is 2. The van der Waals surface area contributed by atoms with E-state index in [1.54, 1.807) is 42.1 Å². The van der Waals surface area contributed by atoms with Crippen LogP contribution >= 0.6 is 11.6 Å². The van der Waals surface area contributed by atoms with E-state index in [2.05, 4.69) is 25.9 Å². The molecule has 0 spiro atoms. The molecule has 0 radical (unpaired) electrons. The Labute approximate surface area is 182 Å². The third-order valence-corrected chi connectivity index (χ3v) is 5.02. The molecule has 1 atom stereocenters. The zero-order valence-corrected chi connectivity index (χ0v) is 17.4. The van der Waals surface area contributed by atoms with Crippen molar-refractivity contribution >= 4 is 17.5 Å². The van der Waals surface area contributed by atoms with Crippen LogP contribution in [-0.4, -0.2) is 35.9 Å². The summed E-state index contributed by atoms with van der Waals surface area (Å²) in [5.74, 6) is -0.147. The molecule has 1 amide bonds. The molecule has 10 heteroatoms. The van der Waals surface area contributed by atoms with Crippen LogP contribution in [0.4, 0.5) is 4.39 Å². The van der Waals surface area contributed by atoms with Crippen LogP contribution in [0.5, 0.6) is 0 Å². The number of nitrogens with zero attached hydrogens (tertiary/aromatic N) is 6. The summed E-state index contributed by atoms with van der Waals surface area (Å²) in [6, 6.07) is 12.7. The molecule has 0 aliphatic carbocycles. The van der Waals surface area contributed by atoms with E-state index in [0.29, 0.717) is 16.4 Å². The predicted molar refractivity (Wildman–Crippen MR) is 112 cm³/mol. The predicted octanol–water partition coefficient (Wildman–Crippen LogP) is 3.06. The second-order valence-electron chi connectivity index (χ2n) is 7.01. The Bertz CT molecular complexity index is 1190. The minimum absolute atomic E-state index is 0.250. The summed E-state index contributed by atoms with van der Waals surface area (Å²) in [6.45, 7) is 1.98. The molecule has 1 N–H and O–H groups in total. The number of carbonyl (C=O) groups excluding carboxylic acids is 1. The largest absolute Gasteiger partial charge is 0.350 e. The van der Waals surface area contributed by atoms with E-state index in [0.717, 1.165) is 11.3 Å². The molecule has 0 bridgehead atoms. The highest BCUT2D eigenvalue weighted by atomic mass is 35.5. The van der Waals surface area contributed by atoms with Crippen LogP contribution in [0.15, 0.2) is 60.9 Å². The third kappa shape index (κ3) is 4.95. The summed E-state index contributed by atoms with van der Waals surface area (Å²) in [4.78, 5) is 13.0. The van der Waals surface area contributed by atoms with E-state index in [4.69, 9.17) is 11.6 Å². The lowest BCUT2D eigenvalue weighted by Gasteiger charge is -2.17. The number of aryl methyl sites for hydroxylation is 1. The lowest BCUT2D eigenvalue weighted by molar-refractivity contribution is -0.124. The zero-order valence-electron chi connectivity index (χ0n) is 16.6. The molecular weight excluding hydrogens is 421 g/mol. The van der Waals surface area contributed by atoms with Crippen molar-refractivity contribution in [2.24, 2.45) is 0 Å². The first-order chi connectivity index (χ1) is 15.0. The SMILES string of the molecule is Cc1nnnn1C(Cc1cccc(F)c1)C(=O)NCc1cnn(-c2ccc(Cl)cc2)c1. The fourth-order valence-electron chi connectivity index (χ4n) is 3.20. The molecular formula is C21H19ClFN7O. The van der Waals surface area contributed by atoms with Crippen molar-refractivity contribution in [1.29, 1.82) is 0 Å². The van der Waals surface area contributed by atoms with Crippen molar-refractivity contribution in [3.05, 3.63) is 88.7 Å². The molecule has 0 aliphatic heterocycles. The minimum atomic E-state index is -0.719. The summed E-state index contributed by atoms with van der Waals surface area (Å²) in [5, 5.41) is 19.3. The third-order valence-electron chi connectivity index (χ3n) is 4.77. The van der Waals surface area contributed by atoms with Gasteiger partial charge in [-0.15, -0.1) is 5.10 Å². The lowest BCUT2D eigenvalue weighted by Crippen LogP contribution is -2.34. The number of tetrazole rings is 1. The quantitative estimate of drug-likeness (QED) is 0.478. The van der Waals surface area contributed by atoms with Gasteiger partial charge in [0.25, 0.3) is 0 Å². The molecule has 0 saturated carbocycles. The van der Waals surface area contributed by atoms with Gasteiger partial charge in [-0.25, -0.2) is 13.8 Å². The van der Waals surface area contributed by atoms with Crippen molar-refractivity contribution in [1.82, 2.24) is 35.3 Å². The highest BCUT2D eigenvalue weighted by Gasteiger charge is 2.24. The molecule has 0 aliphatic rings. The van der Waals surface area contributed by atoms with Crippen LogP contribution in [0.25, 0.3) is 5.69 Å². The van der Waals surface area contributed by atoms with E-state index >= 15 is 0 Å². The highest BCUT2D eigenvalue weighted by Crippen LogP contribution is 2.17. The van der Waals surface area contributed by atoms with Crippen molar-refractivity contribution in [2.45, 2.75) is 25.9 Å². The van der Waals surface area contributed by atoms with Crippen LogP contribution in [0, 0.1) is 12.7 Å². The topological polar surface area (TPSA) is 90.5 Å². The molecule has 2 aromatic carbocycles. The monoisotopic (exact) mass is 439 g/mol. The maximum absolute atomic E-state index is 13.6. The van der Waals surface area contributed by atoms with Gasteiger partial charge in [0.15, 0.2) is 0 Å². The van der Waals surface area contributed by atoms with Gasteiger partial charge < -0.3 is 5.32 Å². The fourth-order valence-corrected chi connectivity index (χ4v) is 3.32. The second kappa shape index (κ2) is 9.05. The molecule has 2 heterocycles. The first kappa shape index (κ1) is 20.7. The maximum atomic E-state index is 13.6. The van der Waals surface area contributed by atoms with Gasteiger partial charge in [0.2, 0.25) is 5.91 Å². The average molecular weight is 440 g/mol. The molecule has 0 fully saturated rings. The Balaban J connectivity index is 1.48. The van der Waals surface area contributed by atoms with Crippen molar-refractivity contribution < 1.29 is 9.18 Å². The first-order valence-electron chi connectivity index (χ1n) is 9.56. The van der Waals surface area contributed by atoms with Crippen LogP contribution in [-0.2, 0) is 17.8 Å². The normalized spacial score (nSPS) is 12.0. The molecule has 0 saturated heterocycles. The number of hydrogen-bond acceptors (Lipinski definition) is 5. The van der Waals surface area contributed by atoms with E-state index in [9.17, 15) is 9.18 Å². The van der Waals surface area contributed by atoms with Crippen molar-refractivity contribution in [3.8, 4) is 5.69 Å². The summed E-state index contributed by atoms with van der Waals surface area (Å²) < 4.78 is 16.8. The standard InChI is InChI=1S/C21H19ClFN7O/c1-14-26-27-28-30(14)20(10-15-3-2-4-18(23)9-15)21(31)24-11-16-12-25-29(13-16)19-7-5-17(22)6-8-19/h2-9,12-13,20H,10-11H2,1H3,(H,24,31). The van der Waals surface area contributed by atoms with Gasteiger partial charge in [0.1, 0.15) is 17.7 Å². The van der Waals surface area contributed by atoms with Crippen LogP contribution in [0.2, 0.25) is 5.02 Å². The molecule has 2 aromatic heterocycles. The van der Waals surface area contributed by atoms with E-state index < -0.39 is 6.04 Å². The molecule has 158 valence electrons. The molecule has 4 aromatic rings. The second-order valence-corrected chi connectivity index (χ2v) is 7.44. The van der Waals surface area contributed by atoms with Gasteiger partial charge in [-0.2, -0.15) is 5.10 Å². The number of nitrogens with one attached hydrogen (secondary N) is 1. The minimum Gasteiger partial charge on any atom is -0.350 e. The number of aromatic nitrogens is 6. The van der Waals surface area contributed by atoms with Crippen LogP contribution in [0.3, 0.4) is 0 Å². The Morgan fingerprint density at radius 3 is 2.71 bits per heavy atom. The Kier molecular flexibility index (Phi) is 6.03. The molecule has 31 heavy (non-hydrogen) atoms. The van der Waals surface area contributed by atoms with Gasteiger partial charge in [-0.1, -0.05) is 23.7 Å². The zero-order chi connectivity index (χ0) is 21.8. The summed E-state index contributed by atoms with van der Waals surface area (Å²) in [5.41, 5.74) is 2.35. The highest BCUT2D eigenvalue weighted by molar-refractivity contribution is 6.30. The molecule has 1 unspecified atom stereocenters. The van der Waals surface area contributed by atoms with E-state index in [-0.39, 0.29) is 24.7 Å². The maximum Gasteiger partial charge on any atom is 0.245 e. The first-order valence-corrected chi connectivity index (χ1v) is 9.93. The smallest absolute Gasteiger partial charge is 0.245 e.